The Morgan fingerprint density at radius 2 is 1.90 bits per heavy atom. The van der Waals surface area contributed by atoms with E-state index >= 15 is 0 Å². The monoisotopic (exact) mass is 349 g/mol. The molecule has 112 valence electrons. The van der Waals surface area contributed by atoms with Crippen molar-refractivity contribution in [2.24, 2.45) is 5.92 Å². The van der Waals surface area contributed by atoms with Crippen LogP contribution in [0.1, 0.15) is 44.1 Å². The van der Waals surface area contributed by atoms with E-state index < -0.39 is 11.7 Å². The molecule has 1 aliphatic rings. The standard InChI is InChI=1S/C15H19BrF3N/c16-12-7-8-14(13(10-12)15(17,18)19)20-9-3-6-11-4-1-2-5-11/h7-8,10-11,20H,1-6,9H2. The van der Waals surface area contributed by atoms with E-state index in [1.165, 1.54) is 31.7 Å². The number of hydrogen-bond donors (Lipinski definition) is 1. The highest BCUT2D eigenvalue weighted by Crippen LogP contribution is 2.36. The Morgan fingerprint density at radius 1 is 1.20 bits per heavy atom. The molecule has 0 amide bonds. The first kappa shape index (κ1) is 15.7. The lowest BCUT2D eigenvalue weighted by molar-refractivity contribution is -0.137. The topological polar surface area (TPSA) is 12.0 Å². The van der Waals surface area contributed by atoms with Gasteiger partial charge in [0.15, 0.2) is 0 Å². The van der Waals surface area contributed by atoms with Crippen molar-refractivity contribution < 1.29 is 13.2 Å². The van der Waals surface area contributed by atoms with Gasteiger partial charge in [-0.05, 0) is 37.0 Å². The molecule has 20 heavy (non-hydrogen) atoms. The van der Waals surface area contributed by atoms with E-state index in [0.717, 1.165) is 24.8 Å². The zero-order valence-electron chi connectivity index (χ0n) is 11.3. The molecule has 0 heterocycles. The van der Waals surface area contributed by atoms with Crippen LogP contribution >= 0.6 is 15.9 Å². The molecule has 0 spiro atoms. The molecule has 0 saturated heterocycles. The van der Waals surface area contributed by atoms with Gasteiger partial charge in [0.25, 0.3) is 0 Å². The number of anilines is 1. The smallest absolute Gasteiger partial charge is 0.385 e. The van der Waals surface area contributed by atoms with Crippen molar-refractivity contribution in [3.63, 3.8) is 0 Å². The van der Waals surface area contributed by atoms with E-state index in [-0.39, 0.29) is 5.69 Å². The Morgan fingerprint density at radius 3 is 2.55 bits per heavy atom. The van der Waals surface area contributed by atoms with Crippen molar-refractivity contribution in [1.29, 1.82) is 0 Å². The number of hydrogen-bond acceptors (Lipinski definition) is 1. The highest BCUT2D eigenvalue weighted by Gasteiger charge is 2.33. The second-order valence-corrected chi connectivity index (χ2v) is 6.32. The molecule has 1 aliphatic carbocycles. The molecular formula is C15H19BrF3N. The third-order valence-corrected chi connectivity index (χ3v) is 4.36. The van der Waals surface area contributed by atoms with Crippen molar-refractivity contribution in [1.82, 2.24) is 0 Å². The summed E-state index contributed by atoms with van der Waals surface area (Å²) in [6.07, 6.45) is 2.91. The van der Waals surface area contributed by atoms with E-state index in [9.17, 15) is 13.2 Å². The van der Waals surface area contributed by atoms with E-state index in [1.807, 2.05) is 0 Å². The molecule has 0 atom stereocenters. The number of benzene rings is 1. The van der Waals surface area contributed by atoms with Gasteiger partial charge in [-0.15, -0.1) is 0 Å². The van der Waals surface area contributed by atoms with Crippen molar-refractivity contribution >= 4 is 21.6 Å². The Balaban J connectivity index is 1.88. The maximum atomic E-state index is 12.9. The van der Waals surface area contributed by atoms with Gasteiger partial charge < -0.3 is 5.32 Å². The van der Waals surface area contributed by atoms with Crippen LogP contribution in [0.15, 0.2) is 22.7 Å². The lowest BCUT2D eigenvalue weighted by atomic mass is 10.0. The second-order valence-electron chi connectivity index (χ2n) is 5.41. The number of rotatable bonds is 5. The summed E-state index contributed by atoms with van der Waals surface area (Å²) in [5.41, 5.74) is -0.431. The molecule has 5 heteroatoms. The molecule has 0 bridgehead atoms. The van der Waals surface area contributed by atoms with Gasteiger partial charge in [-0.2, -0.15) is 13.2 Å². The minimum Gasteiger partial charge on any atom is -0.385 e. The van der Waals surface area contributed by atoms with Gasteiger partial charge in [0.2, 0.25) is 0 Å². The van der Waals surface area contributed by atoms with Crippen LogP contribution < -0.4 is 5.32 Å². The number of alkyl halides is 3. The molecular weight excluding hydrogens is 331 g/mol. The SMILES string of the molecule is FC(F)(F)c1cc(Br)ccc1NCCCC1CCCC1. The van der Waals surface area contributed by atoms with Crippen LogP contribution in [0, 0.1) is 5.92 Å². The normalized spacial score (nSPS) is 16.6. The van der Waals surface area contributed by atoms with Crippen LogP contribution in [-0.4, -0.2) is 6.54 Å². The summed E-state index contributed by atoms with van der Waals surface area (Å²) in [5.74, 6) is 0.781. The maximum absolute atomic E-state index is 12.9. The van der Waals surface area contributed by atoms with Crippen LogP contribution in [0.3, 0.4) is 0 Å². The van der Waals surface area contributed by atoms with Crippen molar-refractivity contribution in [3.8, 4) is 0 Å². The third kappa shape index (κ3) is 4.40. The summed E-state index contributed by atoms with van der Waals surface area (Å²) in [7, 11) is 0. The average Bonchev–Trinajstić information content (AvgIpc) is 2.88. The Kier molecular flexibility index (Phi) is 5.35. The van der Waals surface area contributed by atoms with Gasteiger partial charge in [-0.1, -0.05) is 41.6 Å². The summed E-state index contributed by atoms with van der Waals surface area (Å²) >= 11 is 3.09. The Hall–Kier alpha value is -0.710. The number of halogens is 4. The van der Waals surface area contributed by atoms with Crippen molar-refractivity contribution in [2.75, 3.05) is 11.9 Å². The highest BCUT2D eigenvalue weighted by atomic mass is 79.9. The number of nitrogens with one attached hydrogen (secondary N) is 1. The third-order valence-electron chi connectivity index (χ3n) is 3.87. The van der Waals surface area contributed by atoms with E-state index in [0.29, 0.717) is 11.0 Å². The molecule has 1 nitrogen and oxygen atoms in total. The van der Waals surface area contributed by atoms with Gasteiger partial charge in [-0.25, -0.2) is 0 Å². The first-order valence-electron chi connectivity index (χ1n) is 7.07. The van der Waals surface area contributed by atoms with Gasteiger partial charge in [0.05, 0.1) is 5.56 Å². The van der Waals surface area contributed by atoms with Gasteiger partial charge in [-0.3, -0.25) is 0 Å². The molecule has 0 radical (unpaired) electrons. The van der Waals surface area contributed by atoms with Crippen LogP contribution in [0.4, 0.5) is 18.9 Å². The van der Waals surface area contributed by atoms with Crippen LogP contribution in [0.5, 0.6) is 0 Å². The molecule has 1 aromatic carbocycles. The zero-order chi connectivity index (χ0) is 14.6. The van der Waals surface area contributed by atoms with Crippen LogP contribution in [-0.2, 0) is 6.18 Å². The first-order chi connectivity index (χ1) is 9.47. The Bertz CT molecular complexity index is 439. The predicted molar refractivity (Wildman–Crippen MR) is 78.8 cm³/mol. The van der Waals surface area contributed by atoms with Crippen molar-refractivity contribution in [2.45, 2.75) is 44.7 Å². The van der Waals surface area contributed by atoms with Gasteiger partial charge in [0.1, 0.15) is 0 Å². The molecule has 1 saturated carbocycles. The minimum absolute atomic E-state index is 0.173. The van der Waals surface area contributed by atoms with Crippen molar-refractivity contribution in [3.05, 3.63) is 28.2 Å². The average molecular weight is 350 g/mol. The summed E-state index contributed by atoms with van der Waals surface area (Å²) in [6.45, 7) is 0.598. The molecule has 2 rings (SSSR count). The van der Waals surface area contributed by atoms with E-state index in [4.69, 9.17) is 0 Å². The zero-order valence-corrected chi connectivity index (χ0v) is 12.9. The van der Waals surface area contributed by atoms with Gasteiger partial charge in [0, 0.05) is 16.7 Å². The summed E-state index contributed by atoms with van der Waals surface area (Å²) in [5, 5.41) is 2.93. The Labute approximate surface area is 126 Å². The lowest BCUT2D eigenvalue weighted by Crippen LogP contribution is -2.12. The summed E-state index contributed by atoms with van der Waals surface area (Å²) in [4.78, 5) is 0. The molecule has 1 aromatic rings. The summed E-state index contributed by atoms with van der Waals surface area (Å²) in [6, 6.07) is 4.25. The molecule has 0 unspecified atom stereocenters. The predicted octanol–water partition coefficient (Wildman–Crippen LogP) is 5.85. The highest BCUT2D eigenvalue weighted by molar-refractivity contribution is 9.10. The summed E-state index contributed by atoms with van der Waals surface area (Å²) < 4.78 is 39.2. The fraction of sp³-hybridized carbons (Fsp3) is 0.600. The molecule has 0 aliphatic heterocycles. The first-order valence-corrected chi connectivity index (χ1v) is 7.87. The second kappa shape index (κ2) is 6.83. The van der Waals surface area contributed by atoms with Gasteiger partial charge >= 0.3 is 6.18 Å². The maximum Gasteiger partial charge on any atom is 0.418 e. The molecule has 0 aromatic heterocycles. The fourth-order valence-corrected chi connectivity index (χ4v) is 3.18. The largest absolute Gasteiger partial charge is 0.418 e. The van der Waals surface area contributed by atoms with Crippen LogP contribution in [0.2, 0.25) is 0 Å². The van der Waals surface area contributed by atoms with E-state index in [1.54, 1.807) is 6.07 Å². The molecule has 1 N–H and O–H groups in total. The fourth-order valence-electron chi connectivity index (χ4n) is 2.82. The lowest BCUT2D eigenvalue weighted by Gasteiger charge is -2.15. The van der Waals surface area contributed by atoms with E-state index in [2.05, 4.69) is 21.2 Å². The quantitative estimate of drug-likeness (QED) is 0.657. The minimum atomic E-state index is -4.32. The van der Waals surface area contributed by atoms with Crippen LogP contribution in [0.25, 0.3) is 0 Å². The molecule has 1 fully saturated rings.